The quantitative estimate of drug-likeness (QED) is 0.412. The van der Waals surface area contributed by atoms with Crippen LogP contribution < -0.4 is 16.4 Å². The van der Waals surface area contributed by atoms with Crippen molar-refractivity contribution in [2.75, 3.05) is 0 Å². The fourth-order valence-corrected chi connectivity index (χ4v) is 3.74. The Labute approximate surface area is 220 Å². The average molecular weight is 521 g/mol. The number of ether oxygens (including phenoxy) is 1. The van der Waals surface area contributed by atoms with Crippen molar-refractivity contribution in [3.05, 3.63) is 29.3 Å². The molecule has 2 unspecified atom stereocenters. The van der Waals surface area contributed by atoms with Crippen LogP contribution in [-0.4, -0.2) is 56.5 Å². The van der Waals surface area contributed by atoms with Crippen LogP contribution in [0.2, 0.25) is 0 Å². The lowest BCUT2D eigenvalue weighted by atomic mass is 9.92. The van der Waals surface area contributed by atoms with Crippen LogP contribution in [0.25, 0.3) is 0 Å². The molecule has 0 aliphatic heterocycles. The smallest absolute Gasteiger partial charge is 0.408 e. The molecule has 0 saturated carbocycles. The van der Waals surface area contributed by atoms with Crippen LogP contribution in [0.3, 0.4) is 0 Å². The topological polar surface area (TPSA) is 151 Å². The molecular weight excluding hydrogens is 476 g/mol. The predicted octanol–water partition coefficient (Wildman–Crippen LogP) is 3.44. The highest BCUT2D eigenvalue weighted by atomic mass is 16.6. The second-order valence-corrected chi connectivity index (χ2v) is 12.2. The lowest BCUT2D eigenvalue weighted by Crippen LogP contribution is -2.59. The highest BCUT2D eigenvalue weighted by Crippen LogP contribution is 2.36. The van der Waals surface area contributed by atoms with Crippen molar-refractivity contribution >= 4 is 23.8 Å². The van der Waals surface area contributed by atoms with Gasteiger partial charge in [-0.1, -0.05) is 18.2 Å². The third kappa shape index (κ3) is 9.93. The van der Waals surface area contributed by atoms with Gasteiger partial charge in [-0.2, -0.15) is 0 Å². The SMILES string of the molecule is Cc1cccc(C(C(=O)NC(C)(C)C)N(C(=O)C(CCC(N)=O)NC(=O)OC(C)(C)C)C(C)(C)C)c1O. The Hall–Kier alpha value is -3.30. The zero-order valence-corrected chi connectivity index (χ0v) is 23.8. The number of benzene rings is 1. The first kappa shape index (κ1) is 31.7. The van der Waals surface area contributed by atoms with E-state index in [-0.39, 0.29) is 24.2 Å². The van der Waals surface area contributed by atoms with Gasteiger partial charge in [0.2, 0.25) is 17.7 Å². The molecule has 0 saturated heterocycles. The summed E-state index contributed by atoms with van der Waals surface area (Å²) < 4.78 is 5.33. The Morgan fingerprint density at radius 3 is 2.05 bits per heavy atom. The Morgan fingerprint density at radius 2 is 1.59 bits per heavy atom. The van der Waals surface area contributed by atoms with Gasteiger partial charge in [0.05, 0.1) is 0 Å². The van der Waals surface area contributed by atoms with E-state index in [9.17, 15) is 24.3 Å². The second kappa shape index (κ2) is 11.8. The standard InChI is InChI=1S/C27H44N4O6/c1-16-12-11-13-17(21(16)33)20(22(34)30-25(2,3)4)31(26(5,6)7)23(35)18(14-15-19(28)32)29-24(36)37-27(8,9)10/h11-13,18,20,33H,14-15H2,1-10H3,(H2,28,32)(H,29,36)(H,30,34). The van der Waals surface area contributed by atoms with Crippen LogP contribution in [0.5, 0.6) is 5.75 Å². The molecule has 0 aliphatic rings. The van der Waals surface area contributed by atoms with E-state index in [1.54, 1.807) is 87.4 Å². The molecule has 0 spiro atoms. The van der Waals surface area contributed by atoms with Gasteiger partial charge in [0.15, 0.2) is 0 Å². The number of nitrogens with one attached hydrogen (secondary N) is 2. The predicted molar refractivity (Wildman–Crippen MR) is 142 cm³/mol. The van der Waals surface area contributed by atoms with Crippen molar-refractivity contribution in [3.8, 4) is 5.75 Å². The van der Waals surface area contributed by atoms with Crippen LogP contribution in [0, 0.1) is 6.92 Å². The minimum Gasteiger partial charge on any atom is -0.507 e. The van der Waals surface area contributed by atoms with Crippen molar-refractivity contribution in [1.29, 1.82) is 0 Å². The van der Waals surface area contributed by atoms with Crippen LogP contribution in [0.4, 0.5) is 4.79 Å². The van der Waals surface area contributed by atoms with Gasteiger partial charge in [-0.15, -0.1) is 0 Å². The molecule has 5 N–H and O–H groups in total. The largest absolute Gasteiger partial charge is 0.507 e. The summed E-state index contributed by atoms with van der Waals surface area (Å²) in [4.78, 5) is 53.3. The maximum atomic E-state index is 14.1. The molecule has 4 amide bonds. The van der Waals surface area contributed by atoms with Crippen molar-refractivity contribution in [2.24, 2.45) is 5.73 Å². The number of para-hydroxylation sites is 1. The number of rotatable bonds is 8. The molecule has 0 bridgehead atoms. The third-order valence-electron chi connectivity index (χ3n) is 5.20. The fourth-order valence-electron chi connectivity index (χ4n) is 3.74. The number of aromatic hydroxyl groups is 1. The van der Waals surface area contributed by atoms with Crippen LogP contribution in [0.15, 0.2) is 18.2 Å². The summed E-state index contributed by atoms with van der Waals surface area (Å²) in [7, 11) is 0. The maximum Gasteiger partial charge on any atom is 0.408 e. The van der Waals surface area contributed by atoms with Gasteiger partial charge >= 0.3 is 6.09 Å². The first-order valence-electron chi connectivity index (χ1n) is 12.4. The lowest BCUT2D eigenvalue weighted by Gasteiger charge is -2.44. The molecule has 0 aromatic heterocycles. The summed E-state index contributed by atoms with van der Waals surface area (Å²) in [5.41, 5.74) is 3.69. The van der Waals surface area contributed by atoms with E-state index in [0.29, 0.717) is 5.56 Å². The third-order valence-corrected chi connectivity index (χ3v) is 5.20. The number of carbonyl (C=O) groups excluding carboxylic acids is 4. The summed E-state index contributed by atoms with van der Waals surface area (Å²) in [6.45, 7) is 17.4. The molecule has 0 heterocycles. The fraction of sp³-hybridized carbons (Fsp3) is 0.630. The summed E-state index contributed by atoms with van der Waals surface area (Å²) in [6.07, 6.45) is -1.13. The Morgan fingerprint density at radius 1 is 1.03 bits per heavy atom. The van der Waals surface area contributed by atoms with Gasteiger partial charge in [-0.25, -0.2) is 4.79 Å². The number of carbonyl (C=O) groups is 4. The number of primary amides is 1. The summed E-state index contributed by atoms with van der Waals surface area (Å²) in [5.74, 6) is -1.91. The van der Waals surface area contributed by atoms with E-state index in [2.05, 4.69) is 10.6 Å². The molecule has 1 rings (SSSR count). The monoisotopic (exact) mass is 520 g/mol. The van der Waals surface area contributed by atoms with E-state index >= 15 is 0 Å². The highest BCUT2D eigenvalue weighted by molar-refractivity contribution is 5.93. The molecule has 0 radical (unpaired) electrons. The van der Waals surface area contributed by atoms with Crippen LogP contribution in [-0.2, 0) is 19.1 Å². The van der Waals surface area contributed by atoms with Gasteiger partial charge in [-0.3, -0.25) is 14.4 Å². The van der Waals surface area contributed by atoms with Gasteiger partial charge in [0.1, 0.15) is 23.4 Å². The number of amides is 4. The summed E-state index contributed by atoms with van der Waals surface area (Å²) in [5, 5.41) is 16.4. The number of hydrogen-bond donors (Lipinski definition) is 4. The van der Waals surface area contributed by atoms with E-state index in [0.717, 1.165) is 0 Å². The zero-order chi connectivity index (χ0) is 28.9. The highest BCUT2D eigenvalue weighted by Gasteiger charge is 2.43. The molecule has 1 aromatic carbocycles. The average Bonchev–Trinajstić information content (AvgIpc) is 2.67. The Bertz CT molecular complexity index is 1000. The van der Waals surface area contributed by atoms with E-state index in [1.807, 2.05) is 0 Å². The first-order chi connectivity index (χ1) is 16.6. The molecular formula is C27H44N4O6. The Kier molecular flexibility index (Phi) is 10.1. The number of phenolic OH excluding ortho intramolecular Hbond substituents is 1. The lowest BCUT2D eigenvalue weighted by molar-refractivity contribution is -0.149. The number of aryl methyl sites for hydroxylation is 1. The molecule has 2 atom stereocenters. The molecule has 0 aliphatic carbocycles. The van der Waals surface area contributed by atoms with Crippen LogP contribution in [0.1, 0.15) is 92.3 Å². The number of hydrogen-bond acceptors (Lipinski definition) is 6. The van der Waals surface area contributed by atoms with Crippen molar-refractivity contribution in [1.82, 2.24) is 15.5 Å². The number of alkyl carbamates (subject to hydrolysis) is 1. The minimum atomic E-state index is -1.25. The van der Waals surface area contributed by atoms with Crippen molar-refractivity contribution in [3.63, 3.8) is 0 Å². The van der Waals surface area contributed by atoms with Crippen molar-refractivity contribution in [2.45, 2.75) is 111 Å². The normalized spacial score (nSPS) is 13.8. The molecule has 10 heteroatoms. The zero-order valence-electron chi connectivity index (χ0n) is 23.8. The van der Waals surface area contributed by atoms with Gasteiger partial charge in [-0.05, 0) is 81.2 Å². The molecule has 10 nitrogen and oxygen atoms in total. The number of nitrogens with two attached hydrogens (primary N) is 1. The number of phenols is 1. The van der Waals surface area contributed by atoms with E-state index in [1.165, 1.54) is 4.90 Å². The van der Waals surface area contributed by atoms with Gasteiger partial charge < -0.3 is 31.1 Å². The number of nitrogens with zero attached hydrogens (tertiary/aromatic N) is 1. The first-order valence-corrected chi connectivity index (χ1v) is 12.4. The Balaban J connectivity index is 3.70. The minimum absolute atomic E-state index is 0.104. The maximum absolute atomic E-state index is 14.1. The van der Waals surface area contributed by atoms with Gasteiger partial charge in [0.25, 0.3) is 0 Å². The molecule has 1 aromatic rings. The molecule has 37 heavy (non-hydrogen) atoms. The molecule has 0 fully saturated rings. The molecule has 208 valence electrons. The van der Waals surface area contributed by atoms with Crippen molar-refractivity contribution < 1.29 is 29.0 Å². The van der Waals surface area contributed by atoms with E-state index in [4.69, 9.17) is 10.5 Å². The second-order valence-electron chi connectivity index (χ2n) is 12.2. The van der Waals surface area contributed by atoms with Crippen LogP contribution >= 0.6 is 0 Å². The van der Waals surface area contributed by atoms with Gasteiger partial charge in [0, 0.05) is 23.1 Å². The summed E-state index contributed by atoms with van der Waals surface area (Å²) in [6, 6.07) is 2.50. The van der Waals surface area contributed by atoms with E-state index < -0.39 is 52.6 Å². The summed E-state index contributed by atoms with van der Waals surface area (Å²) >= 11 is 0.